The summed E-state index contributed by atoms with van der Waals surface area (Å²) < 4.78 is 8.12. The molecule has 0 aliphatic carbocycles. The van der Waals surface area contributed by atoms with E-state index in [0.29, 0.717) is 5.76 Å². The highest BCUT2D eigenvalue weighted by atomic mass is 16.3. The van der Waals surface area contributed by atoms with Gasteiger partial charge < -0.3 is 8.98 Å². The largest absolute Gasteiger partial charge is 0.444 e. The van der Waals surface area contributed by atoms with Gasteiger partial charge in [0.25, 0.3) is 0 Å². The molecule has 0 bridgehead atoms. The van der Waals surface area contributed by atoms with Crippen LogP contribution in [0.25, 0.3) is 11.6 Å². The average molecular weight is 347 g/mol. The smallest absolute Gasteiger partial charge is 0.178 e. The highest BCUT2D eigenvalue weighted by molar-refractivity contribution is 5.50. The van der Waals surface area contributed by atoms with Gasteiger partial charge in [-0.3, -0.25) is 0 Å². The second-order valence-corrected chi connectivity index (χ2v) is 8.30. The van der Waals surface area contributed by atoms with Gasteiger partial charge in [-0.2, -0.15) is 0 Å². The maximum absolute atomic E-state index is 5.93. The van der Waals surface area contributed by atoms with Crippen LogP contribution in [0.15, 0.2) is 53.3 Å². The van der Waals surface area contributed by atoms with Crippen LogP contribution < -0.4 is 0 Å². The number of hydrogen-bond donors (Lipinski definition) is 0. The number of pyridine rings is 1. The van der Waals surface area contributed by atoms with Gasteiger partial charge in [-0.1, -0.05) is 26.8 Å². The summed E-state index contributed by atoms with van der Waals surface area (Å²) in [7, 11) is 0. The Hall–Kier alpha value is -2.80. The van der Waals surface area contributed by atoms with E-state index in [9.17, 15) is 0 Å². The van der Waals surface area contributed by atoms with Crippen LogP contribution in [0.5, 0.6) is 0 Å². The van der Waals surface area contributed by atoms with E-state index in [1.54, 1.807) is 6.20 Å². The summed E-state index contributed by atoms with van der Waals surface area (Å²) in [5.41, 5.74) is 0.864. The lowest BCUT2D eigenvalue weighted by atomic mass is 9.81. The lowest BCUT2D eigenvalue weighted by Crippen LogP contribution is -2.31. The van der Waals surface area contributed by atoms with Gasteiger partial charge in [0.2, 0.25) is 0 Å². The fraction of sp³-hybridized carbons (Fsp3) is 0.364. The van der Waals surface area contributed by atoms with Crippen LogP contribution in [-0.2, 0) is 5.54 Å². The zero-order chi connectivity index (χ0) is 18.8. The van der Waals surface area contributed by atoms with Gasteiger partial charge >= 0.3 is 0 Å². The molecular weight excluding hydrogens is 322 g/mol. The maximum atomic E-state index is 5.93. The zero-order valence-electron chi connectivity index (χ0n) is 16.1. The van der Waals surface area contributed by atoms with Gasteiger partial charge in [-0.25, -0.2) is 9.97 Å². The molecule has 0 aliphatic heterocycles. The molecule has 0 radical (unpaired) electrons. The number of furan rings is 1. The van der Waals surface area contributed by atoms with Crippen molar-refractivity contribution in [2.75, 3.05) is 0 Å². The van der Waals surface area contributed by atoms with Crippen molar-refractivity contribution in [3.8, 4) is 23.4 Å². The summed E-state index contributed by atoms with van der Waals surface area (Å²) in [5, 5.41) is 0. The third kappa shape index (κ3) is 4.23. The summed E-state index contributed by atoms with van der Waals surface area (Å²) in [6.07, 6.45) is 6.59. The minimum Gasteiger partial charge on any atom is -0.444 e. The Balaban J connectivity index is 1.87. The Labute approximate surface area is 155 Å². The van der Waals surface area contributed by atoms with Gasteiger partial charge in [-0.05, 0) is 61.8 Å². The Kier molecular flexibility index (Phi) is 4.73. The molecule has 26 heavy (non-hydrogen) atoms. The zero-order valence-corrected chi connectivity index (χ0v) is 16.1. The van der Waals surface area contributed by atoms with Crippen molar-refractivity contribution in [2.45, 2.75) is 46.6 Å². The van der Waals surface area contributed by atoms with Crippen LogP contribution >= 0.6 is 0 Å². The molecule has 3 aromatic heterocycles. The van der Waals surface area contributed by atoms with E-state index in [1.165, 1.54) is 0 Å². The number of rotatable bonds is 3. The molecule has 3 aromatic rings. The van der Waals surface area contributed by atoms with E-state index in [4.69, 9.17) is 4.42 Å². The second kappa shape index (κ2) is 6.84. The quantitative estimate of drug-likeness (QED) is 0.618. The van der Waals surface area contributed by atoms with E-state index >= 15 is 0 Å². The summed E-state index contributed by atoms with van der Waals surface area (Å²) in [5.74, 6) is 8.19. The average Bonchev–Trinajstić information content (AvgIpc) is 3.21. The third-order valence-corrected chi connectivity index (χ3v) is 4.06. The van der Waals surface area contributed by atoms with E-state index < -0.39 is 0 Å². The van der Waals surface area contributed by atoms with Crippen molar-refractivity contribution in [1.29, 1.82) is 0 Å². The summed E-state index contributed by atoms with van der Waals surface area (Å²) in [4.78, 5) is 8.72. The molecule has 0 atom stereocenters. The topological polar surface area (TPSA) is 43.9 Å². The van der Waals surface area contributed by atoms with Gasteiger partial charge in [0.05, 0.1) is 0 Å². The van der Waals surface area contributed by atoms with Crippen molar-refractivity contribution < 1.29 is 4.42 Å². The predicted molar refractivity (Wildman–Crippen MR) is 104 cm³/mol. The molecule has 0 saturated heterocycles. The van der Waals surface area contributed by atoms with Crippen molar-refractivity contribution in [2.24, 2.45) is 5.41 Å². The van der Waals surface area contributed by atoms with Gasteiger partial charge in [0, 0.05) is 24.1 Å². The molecule has 0 spiro atoms. The molecule has 0 saturated carbocycles. The summed E-state index contributed by atoms with van der Waals surface area (Å²) >= 11 is 0. The number of nitrogens with zero attached hydrogens (tertiary/aromatic N) is 3. The van der Waals surface area contributed by atoms with Gasteiger partial charge in [-0.15, -0.1) is 0 Å². The van der Waals surface area contributed by atoms with Crippen molar-refractivity contribution in [1.82, 2.24) is 14.5 Å². The molecule has 4 heteroatoms. The first kappa shape index (κ1) is 18.0. The molecule has 0 N–H and O–H groups in total. The molecular formula is C22H25N3O. The fourth-order valence-electron chi connectivity index (χ4n) is 3.44. The molecule has 0 aromatic carbocycles. The molecule has 4 nitrogen and oxygen atoms in total. The fourth-order valence-corrected chi connectivity index (χ4v) is 3.44. The van der Waals surface area contributed by atoms with Crippen LogP contribution in [0.1, 0.15) is 52.5 Å². The minimum absolute atomic E-state index is 0.0727. The van der Waals surface area contributed by atoms with Gasteiger partial charge in [0.1, 0.15) is 5.69 Å². The molecule has 134 valence electrons. The van der Waals surface area contributed by atoms with Gasteiger partial charge in [0.15, 0.2) is 17.3 Å². The van der Waals surface area contributed by atoms with Crippen LogP contribution in [-0.4, -0.2) is 14.5 Å². The Morgan fingerprint density at radius 2 is 1.77 bits per heavy atom. The minimum atomic E-state index is -0.0727. The Morgan fingerprint density at radius 1 is 0.962 bits per heavy atom. The molecule has 0 amide bonds. The normalized spacial score (nSPS) is 11.9. The number of aromatic nitrogens is 3. The van der Waals surface area contributed by atoms with Crippen molar-refractivity contribution in [3.63, 3.8) is 0 Å². The standard InChI is InChI=1S/C22H25N3O/c1-21(2,3)16-22(4,5)25-15-14-24-20(25)19-12-11-18(26-19)10-9-17-8-6-7-13-23-17/h6-8,11-15H,16H2,1-5H3. The first-order valence-electron chi connectivity index (χ1n) is 8.82. The third-order valence-electron chi connectivity index (χ3n) is 4.06. The number of hydrogen-bond acceptors (Lipinski definition) is 3. The van der Waals surface area contributed by atoms with E-state index in [2.05, 4.69) is 61.0 Å². The van der Waals surface area contributed by atoms with Crippen molar-refractivity contribution in [3.05, 3.63) is 60.4 Å². The highest BCUT2D eigenvalue weighted by Crippen LogP contribution is 2.35. The first-order chi connectivity index (χ1) is 12.2. The van der Waals surface area contributed by atoms with E-state index in [0.717, 1.165) is 23.7 Å². The lowest BCUT2D eigenvalue weighted by molar-refractivity contribution is 0.215. The molecule has 0 aliphatic rings. The first-order valence-corrected chi connectivity index (χ1v) is 8.82. The second-order valence-electron chi connectivity index (χ2n) is 8.30. The van der Waals surface area contributed by atoms with Crippen LogP contribution in [0, 0.1) is 17.3 Å². The highest BCUT2D eigenvalue weighted by Gasteiger charge is 2.29. The predicted octanol–water partition coefficient (Wildman–Crippen LogP) is 5.11. The van der Waals surface area contributed by atoms with Crippen LogP contribution in [0.2, 0.25) is 0 Å². The molecule has 3 rings (SSSR count). The Morgan fingerprint density at radius 3 is 2.46 bits per heavy atom. The van der Waals surface area contributed by atoms with Crippen LogP contribution in [0.3, 0.4) is 0 Å². The molecule has 0 fully saturated rings. The van der Waals surface area contributed by atoms with E-state index in [1.807, 2.05) is 42.7 Å². The molecule has 3 heterocycles. The van der Waals surface area contributed by atoms with Crippen LogP contribution in [0.4, 0.5) is 0 Å². The maximum Gasteiger partial charge on any atom is 0.178 e. The Bertz CT molecular complexity index is 931. The number of imidazole rings is 1. The van der Waals surface area contributed by atoms with E-state index in [-0.39, 0.29) is 11.0 Å². The monoisotopic (exact) mass is 347 g/mol. The summed E-state index contributed by atoms with van der Waals surface area (Å²) in [6, 6.07) is 9.46. The lowest BCUT2D eigenvalue weighted by Gasteiger charge is -2.34. The SMILES string of the molecule is CC(C)(C)CC(C)(C)n1ccnc1-c1ccc(C#Cc2ccccn2)o1. The van der Waals surface area contributed by atoms with Crippen molar-refractivity contribution >= 4 is 0 Å². The molecule has 0 unspecified atom stereocenters. The summed E-state index contributed by atoms with van der Waals surface area (Å²) in [6.45, 7) is 11.2.